The van der Waals surface area contributed by atoms with Crippen LogP contribution in [0.5, 0.6) is 0 Å². The zero-order chi connectivity index (χ0) is 22.1. The molecule has 1 aliphatic heterocycles. The first kappa shape index (κ1) is 22.7. The van der Waals surface area contributed by atoms with Gasteiger partial charge in [0.05, 0.1) is 4.53 Å². The van der Waals surface area contributed by atoms with Crippen molar-refractivity contribution >= 4 is 46.5 Å². The molecule has 2 aromatic heterocycles. The standard InChI is InChI=1S/C23H30N2O3S2/c1-15-8-10-24(11-9-15)20(27)14-25-21(13-19(26)23(3,4)5)30-18(22(25)28)12-17-7-6-16(2)29-17/h6-7,12-13,15H,8-11,14H2,1-5H3/b18-12+,21-13-. The van der Waals surface area contributed by atoms with Gasteiger partial charge in [-0.25, -0.2) is 0 Å². The molecular formula is C23H30N2O3S2. The van der Waals surface area contributed by atoms with Crippen molar-refractivity contribution in [2.45, 2.75) is 54.0 Å². The van der Waals surface area contributed by atoms with Gasteiger partial charge in [0.1, 0.15) is 11.2 Å². The number of amides is 1. The van der Waals surface area contributed by atoms with Gasteiger partial charge in [0, 0.05) is 34.3 Å². The number of hydrogen-bond acceptors (Lipinski definition) is 5. The lowest BCUT2D eigenvalue weighted by atomic mass is 9.91. The molecule has 1 aliphatic rings. The maximum atomic E-state index is 13.1. The summed E-state index contributed by atoms with van der Waals surface area (Å²) < 4.78 is 2.56. The first-order valence-corrected chi connectivity index (χ1v) is 12.0. The number of thiazole rings is 1. The Morgan fingerprint density at radius 2 is 1.83 bits per heavy atom. The van der Waals surface area contributed by atoms with E-state index >= 15 is 0 Å². The molecule has 1 amide bonds. The topological polar surface area (TPSA) is 59.4 Å². The van der Waals surface area contributed by atoms with Gasteiger partial charge in [-0.15, -0.1) is 22.7 Å². The summed E-state index contributed by atoms with van der Waals surface area (Å²) in [6.07, 6.45) is 5.35. The number of ketones is 1. The fraction of sp³-hybridized carbons (Fsp3) is 0.522. The second-order valence-corrected chi connectivity index (χ2v) is 11.5. The van der Waals surface area contributed by atoms with Crippen LogP contribution in [0, 0.1) is 18.3 Å². The summed E-state index contributed by atoms with van der Waals surface area (Å²) >= 11 is 2.89. The molecule has 0 aromatic carbocycles. The summed E-state index contributed by atoms with van der Waals surface area (Å²) in [5.41, 5.74) is -0.759. The van der Waals surface area contributed by atoms with Crippen LogP contribution in [0.1, 0.15) is 50.3 Å². The van der Waals surface area contributed by atoms with Crippen LogP contribution in [-0.4, -0.2) is 34.2 Å². The molecule has 0 spiro atoms. The van der Waals surface area contributed by atoms with Crippen molar-refractivity contribution < 1.29 is 9.59 Å². The summed E-state index contributed by atoms with van der Waals surface area (Å²) in [6.45, 7) is 11.2. The van der Waals surface area contributed by atoms with Gasteiger partial charge in [0.2, 0.25) is 5.91 Å². The highest BCUT2D eigenvalue weighted by atomic mass is 32.1. The Morgan fingerprint density at radius 1 is 1.17 bits per heavy atom. The predicted molar refractivity (Wildman–Crippen MR) is 124 cm³/mol. The van der Waals surface area contributed by atoms with Gasteiger partial charge in [-0.05, 0) is 43.9 Å². The fourth-order valence-corrected chi connectivity index (χ4v) is 5.20. The number of Topliss-reactive ketones (excluding diaryl/α,β-unsaturated/α-hetero) is 1. The number of aromatic nitrogens is 1. The summed E-state index contributed by atoms with van der Waals surface area (Å²) in [7, 11) is 0. The summed E-state index contributed by atoms with van der Waals surface area (Å²) in [5, 5.41) is 0. The molecule has 0 unspecified atom stereocenters. The minimum atomic E-state index is -0.549. The average Bonchev–Trinajstić information content (AvgIpc) is 3.20. The van der Waals surface area contributed by atoms with Crippen molar-refractivity contribution in [1.29, 1.82) is 0 Å². The predicted octanol–water partition coefficient (Wildman–Crippen LogP) is 2.76. The molecule has 5 nitrogen and oxygen atoms in total. The van der Waals surface area contributed by atoms with Crippen molar-refractivity contribution in [2.75, 3.05) is 13.1 Å². The molecule has 30 heavy (non-hydrogen) atoms. The van der Waals surface area contributed by atoms with E-state index in [2.05, 4.69) is 6.92 Å². The number of thiophene rings is 1. The molecule has 0 atom stereocenters. The molecular weight excluding hydrogens is 416 g/mol. The van der Waals surface area contributed by atoms with Crippen molar-refractivity contribution in [2.24, 2.45) is 11.3 Å². The van der Waals surface area contributed by atoms with Crippen LogP contribution in [0.15, 0.2) is 16.9 Å². The van der Waals surface area contributed by atoms with Crippen molar-refractivity contribution in [3.63, 3.8) is 0 Å². The maximum Gasteiger partial charge on any atom is 0.269 e. The summed E-state index contributed by atoms with van der Waals surface area (Å²) in [4.78, 5) is 42.7. The van der Waals surface area contributed by atoms with Gasteiger partial charge in [-0.2, -0.15) is 0 Å². The fourth-order valence-electron chi connectivity index (χ4n) is 3.27. The molecule has 3 rings (SSSR count). The summed E-state index contributed by atoms with van der Waals surface area (Å²) in [6, 6.07) is 3.99. The molecule has 0 saturated carbocycles. The van der Waals surface area contributed by atoms with Crippen molar-refractivity contribution in [1.82, 2.24) is 9.47 Å². The average molecular weight is 447 g/mol. The number of rotatable bonds is 4. The smallest absolute Gasteiger partial charge is 0.269 e. The minimum absolute atomic E-state index is 0.0235. The molecule has 0 bridgehead atoms. The lowest BCUT2D eigenvalue weighted by Crippen LogP contribution is -2.43. The number of piperidine rings is 1. The highest BCUT2D eigenvalue weighted by molar-refractivity contribution is 7.13. The molecule has 1 fully saturated rings. The van der Waals surface area contributed by atoms with Crippen LogP contribution in [0.3, 0.4) is 0 Å². The van der Waals surface area contributed by atoms with E-state index in [9.17, 15) is 14.4 Å². The molecule has 7 heteroatoms. The molecule has 0 radical (unpaired) electrons. The van der Waals surface area contributed by atoms with Gasteiger partial charge in [-0.1, -0.05) is 27.7 Å². The second-order valence-electron chi connectivity index (χ2n) is 9.11. The monoisotopic (exact) mass is 446 g/mol. The Labute approximate surface area is 185 Å². The molecule has 2 aromatic rings. The highest BCUT2D eigenvalue weighted by Gasteiger charge is 2.23. The Morgan fingerprint density at radius 3 is 2.40 bits per heavy atom. The summed E-state index contributed by atoms with van der Waals surface area (Å²) in [5.74, 6) is 0.509. The Balaban J connectivity index is 2.02. The number of nitrogens with zero attached hydrogens (tertiary/aromatic N) is 2. The first-order valence-electron chi connectivity index (χ1n) is 10.4. The van der Waals surface area contributed by atoms with E-state index in [4.69, 9.17) is 0 Å². The Bertz CT molecular complexity index is 1110. The number of aryl methyl sites for hydroxylation is 1. The van der Waals surface area contributed by atoms with Gasteiger partial charge in [0.25, 0.3) is 5.56 Å². The first-order chi connectivity index (χ1) is 14.0. The number of hydrogen-bond donors (Lipinski definition) is 0. The third-order valence-corrected chi connectivity index (χ3v) is 7.40. The van der Waals surface area contributed by atoms with E-state index in [1.807, 2.05) is 50.8 Å². The second kappa shape index (κ2) is 9.02. The van der Waals surface area contributed by atoms with E-state index in [1.165, 1.54) is 26.9 Å². The van der Waals surface area contributed by atoms with E-state index in [0.717, 1.165) is 30.8 Å². The Hall–Kier alpha value is -1.99. The number of likely N-dealkylation sites (tertiary alicyclic amines) is 1. The number of carbonyl (C=O) groups excluding carboxylic acids is 2. The third-order valence-electron chi connectivity index (χ3n) is 5.39. The zero-order valence-corrected chi connectivity index (χ0v) is 20.0. The Kier molecular flexibility index (Phi) is 6.82. The van der Waals surface area contributed by atoms with Gasteiger partial charge in [0.15, 0.2) is 5.78 Å². The van der Waals surface area contributed by atoms with Gasteiger partial charge < -0.3 is 4.90 Å². The van der Waals surface area contributed by atoms with E-state index in [1.54, 1.807) is 11.3 Å². The van der Waals surface area contributed by atoms with Crippen molar-refractivity contribution in [3.8, 4) is 0 Å². The lowest BCUT2D eigenvalue weighted by molar-refractivity contribution is -0.133. The van der Waals surface area contributed by atoms with Crippen molar-refractivity contribution in [3.05, 3.63) is 41.4 Å². The number of carbonyl (C=O) groups is 2. The van der Waals surface area contributed by atoms with Crippen LogP contribution in [0.2, 0.25) is 0 Å². The van der Waals surface area contributed by atoms with Crippen LogP contribution in [-0.2, 0) is 16.1 Å². The lowest BCUT2D eigenvalue weighted by Gasteiger charge is -2.30. The van der Waals surface area contributed by atoms with Gasteiger partial charge in [-0.3, -0.25) is 19.0 Å². The minimum Gasteiger partial charge on any atom is -0.341 e. The van der Waals surface area contributed by atoms with Crippen LogP contribution >= 0.6 is 22.7 Å². The SMILES string of the molecule is Cc1ccc(/C=c2/s/c(=C\C(=O)C(C)(C)C)n(CC(=O)N3CCC(C)CC3)c2=O)s1. The molecule has 162 valence electrons. The largest absolute Gasteiger partial charge is 0.341 e. The maximum absolute atomic E-state index is 13.1. The van der Waals surface area contributed by atoms with Crippen LogP contribution in [0.25, 0.3) is 12.2 Å². The van der Waals surface area contributed by atoms with Crippen LogP contribution < -0.4 is 14.8 Å². The molecule has 0 N–H and O–H groups in total. The van der Waals surface area contributed by atoms with Crippen LogP contribution in [0.4, 0.5) is 0 Å². The molecule has 3 heterocycles. The normalized spacial score (nSPS) is 17.0. The highest BCUT2D eigenvalue weighted by Crippen LogP contribution is 2.17. The quantitative estimate of drug-likeness (QED) is 0.726. The van der Waals surface area contributed by atoms with E-state index in [-0.39, 0.29) is 23.8 Å². The van der Waals surface area contributed by atoms with E-state index in [0.29, 0.717) is 15.1 Å². The third kappa shape index (κ3) is 5.38. The van der Waals surface area contributed by atoms with Gasteiger partial charge >= 0.3 is 0 Å². The van der Waals surface area contributed by atoms with E-state index < -0.39 is 5.41 Å². The molecule has 0 aliphatic carbocycles. The zero-order valence-electron chi connectivity index (χ0n) is 18.4. The molecule has 1 saturated heterocycles.